The van der Waals surface area contributed by atoms with Crippen molar-refractivity contribution in [1.29, 1.82) is 0 Å². The van der Waals surface area contributed by atoms with Crippen LogP contribution in [0, 0.1) is 11.6 Å². The van der Waals surface area contributed by atoms with Gasteiger partial charge in [-0.3, -0.25) is 0 Å². The van der Waals surface area contributed by atoms with Crippen LogP contribution in [0.4, 0.5) is 14.5 Å². The summed E-state index contributed by atoms with van der Waals surface area (Å²) in [7, 11) is 0. The molecule has 1 aromatic carbocycles. The smallest absolute Gasteiger partial charge is 0.163 e. The van der Waals surface area contributed by atoms with Gasteiger partial charge in [0, 0.05) is 17.0 Å². The van der Waals surface area contributed by atoms with Crippen molar-refractivity contribution in [2.24, 2.45) is 0 Å². The Morgan fingerprint density at radius 2 is 2.08 bits per heavy atom. The maximum Gasteiger partial charge on any atom is 0.163 e. The molecule has 1 rings (SSSR count). The number of anilines is 1. The fraction of sp³-hybridized carbons (Fsp3) is 0.250. The molecule has 1 nitrogen and oxygen atoms in total. The molecule has 0 bridgehead atoms. The van der Waals surface area contributed by atoms with E-state index in [-0.39, 0.29) is 5.69 Å². The predicted molar refractivity (Wildman–Crippen MR) is 48.0 cm³/mol. The molecule has 0 heterocycles. The van der Waals surface area contributed by atoms with Gasteiger partial charge in [-0.05, 0) is 18.4 Å². The quantitative estimate of drug-likeness (QED) is 0.723. The molecule has 1 aromatic rings. The zero-order valence-corrected chi connectivity index (χ0v) is 7.42. The summed E-state index contributed by atoms with van der Waals surface area (Å²) in [5.41, 5.74) is 5.92. The molecule has 0 aliphatic rings. The average Bonchev–Trinajstić information content (AvgIpc) is 2.00. The molecule has 0 amide bonds. The van der Waals surface area contributed by atoms with Gasteiger partial charge in [-0.1, -0.05) is 0 Å². The van der Waals surface area contributed by atoms with E-state index in [2.05, 4.69) is 0 Å². The minimum absolute atomic E-state index is 0.262. The first kappa shape index (κ1) is 9.32. The minimum atomic E-state index is -0.876. The molecule has 0 radical (unpaired) electrons. The van der Waals surface area contributed by atoms with Crippen LogP contribution in [0.2, 0.25) is 0 Å². The Kier molecular flexibility index (Phi) is 2.92. The SMILES string of the molecule is CSCc1cc(N)cc(F)c1F. The Balaban J connectivity index is 3.09. The Hall–Kier alpha value is -0.770. The summed E-state index contributed by atoms with van der Waals surface area (Å²) >= 11 is 1.42. The van der Waals surface area contributed by atoms with Gasteiger partial charge in [0.2, 0.25) is 0 Å². The molecular formula is C8H9F2NS. The number of halogens is 2. The lowest BCUT2D eigenvalue weighted by Crippen LogP contribution is -1.96. The van der Waals surface area contributed by atoms with Crippen LogP contribution in [-0.4, -0.2) is 6.26 Å². The van der Waals surface area contributed by atoms with Crippen molar-refractivity contribution < 1.29 is 8.78 Å². The summed E-state index contributed by atoms with van der Waals surface area (Å²) in [6.07, 6.45) is 1.82. The zero-order valence-electron chi connectivity index (χ0n) is 6.60. The molecule has 0 aliphatic carbocycles. The summed E-state index contributed by atoms with van der Waals surface area (Å²) in [4.78, 5) is 0. The number of hydrogen-bond donors (Lipinski definition) is 1. The van der Waals surface area contributed by atoms with Crippen molar-refractivity contribution in [2.75, 3.05) is 12.0 Å². The highest BCUT2D eigenvalue weighted by molar-refractivity contribution is 7.97. The van der Waals surface area contributed by atoms with E-state index in [0.717, 1.165) is 6.07 Å². The number of benzene rings is 1. The van der Waals surface area contributed by atoms with Gasteiger partial charge in [0.1, 0.15) is 0 Å². The second kappa shape index (κ2) is 3.76. The third-order valence-corrected chi connectivity index (χ3v) is 2.03. The highest BCUT2D eigenvalue weighted by atomic mass is 32.2. The fourth-order valence-corrected chi connectivity index (χ4v) is 1.45. The largest absolute Gasteiger partial charge is 0.399 e. The van der Waals surface area contributed by atoms with E-state index in [1.165, 1.54) is 17.8 Å². The topological polar surface area (TPSA) is 26.0 Å². The third kappa shape index (κ3) is 1.88. The van der Waals surface area contributed by atoms with Crippen molar-refractivity contribution in [1.82, 2.24) is 0 Å². The van der Waals surface area contributed by atoms with Gasteiger partial charge in [-0.15, -0.1) is 0 Å². The number of thioether (sulfide) groups is 1. The van der Waals surface area contributed by atoms with E-state index in [4.69, 9.17) is 5.73 Å². The van der Waals surface area contributed by atoms with Crippen LogP contribution in [0.3, 0.4) is 0 Å². The molecule has 0 aromatic heterocycles. The average molecular weight is 189 g/mol. The Bertz CT molecular complexity index is 289. The summed E-state index contributed by atoms with van der Waals surface area (Å²) in [6.45, 7) is 0. The fourth-order valence-electron chi connectivity index (χ4n) is 0.930. The highest BCUT2D eigenvalue weighted by Crippen LogP contribution is 2.19. The Morgan fingerprint density at radius 1 is 1.42 bits per heavy atom. The van der Waals surface area contributed by atoms with Crippen molar-refractivity contribution >= 4 is 17.4 Å². The first-order valence-corrected chi connectivity index (χ1v) is 4.77. The maximum absolute atomic E-state index is 12.9. The third-order valence-electron chi connectivity index (χ3n) is 1.43. The van der Waals surface area contributed by atoms with Crippen LogP contribution in [-0.2, 0) is 5.75 Å². The lowest BCUT2D eigenvalue weighted by atomic mass is 10.2. The summed E-state index contributed by atoms with van der Waals surface area (Å²) in [5, 5.41) is 0. The molecule has 0 atom stereocenters. The van der Waals surface area contributed by atoms with Crippen molar-refractivity contribution in [3.63, 3.8) is 0 Å². The molecular weight excluding hydrogens is 180 g/mol. The molecule has 0 unspecified atom stereocenters. The number of nitrogen functional groups attached to an aromatic ring is 1. The van der Waals surface area contributed by atoms with Gasteiger partial charge in [0.15, 0.2) is 11.6 Å². The van der Waals surface area contributed by atoms with E-state index in [1.807, 2.05) is 6.26 Å². The minimum Gasteiger partial charge on any atom is -0.399 e. The van der Waals surface area contributed by atoms with Gasteiger partial charge < -0.3 is 5.73 Å². The van der Waals surface area contributed by atoms with Gasteiger partial charge in [0.05, 0.1) is 0 Å². The van der Waals surface area contributed by atoms with E-state index in [0.29, 0.717) is 11.3 Å². The Labute approximate surface area is 74.0 Å². The van der Waals surface area contributed by atoms with Gasteiger partial charge >= 0.3 is 0 Å². The van der Waals surface area contributed by atoms with Crippen LogP contribution in [0.1, 0.15) is 5.56 Å². The summed E-state index contributed by atoms with van der Waals surface area (Å²) < 4.78 is 25.6. The second-order valence-corrected chi connectivity index (χ2v) is 3.27. The molecule has 0 aliphatic heterocycles. The number of nitrogens with two attached hydrogens (primary N) is 1. The van der Waals surface area contributed by atoms with Crippen LogP contribution in [0.5, 0.6) is 0 Å². The molecule has 0 spiro atoms. The first-order valence-electron chi connectivity index (χ1n) is 3.37. The molecule has 0 saturated heterocycles. The van der Waals surface area contributed by atoms with Crippen LogP contribution < -0.4 is 5.73 Å². The molecule has 0 fully saturated rings. The van der Waals surface area contributed by atoms with Crippen LogP contribution in [0.25, 0.3) is 0 Å². The van der Waals surface area contributed by atoms with Crippen molar-refractivity contribution in [2.45, 2.75) is 5.75 Å². The molecule has 2 N–H and O–H groups in total. The van der Waals surface area contributed by atoms with Crippen molar-refractivity contribution in [3.05, 3.63) is 29.3 Å². The van der Waals surface area contributed by atoms with Gasteiger partial charge in [-0.2, -0.15) is 11.8 Å². The lowest BCUT2D eigenvalue weighted by Gasteiger charge is -2.03. The monoisotopic (exact) mass is 189 g/mol. The maximum atomic E-state index is 12.9. The van der Waals surface area contributed by atoms with E-state index < -0.39 is 11.6 Å². The standard InChI is InChI=1S/C8H9F2NS/c1-12-4-5-2-6(11)3-7(9)8(5)10/h2-3H,4,11H2,1H3. The summed E-state index contributed by atoms with van der Waals surface area (Å²) in [5.74, 6) is -1.23. The van der Waals surface area contributed by atoms with E-state index >= 15 is 0 Å². The van der Waals surface area contributed by atoms with Crippen molar-refractivity contribution in [3.8, 4) is 0 Å². The van der Waals surface area contributed by atoms with Gasteiger partial charge in [0.25, 0.3) is 0 Å². The first-order chi connectivity index (χ1) is 5.65. The molecule has 4 heteroatoms. The normalized spacial score (nSPS) is 10.2. The molecule has 0 saturated carbocycles. The highest BCUT2D eigenvalue weighted by Gasteiger charge is 2.08. The number of rotatable bonds is 2. The second-order valence-electron chi connectivity index (χ2n) is 2.41. The van der Waals surface area contributed by atoms with E-state index in [9.17, 15) is 8.78 Å². The lowest BCUT2D eigenvalue weighted by molar-refractivity contribution is 0.503. The Morgan fingerprint density at radius 3 is 2.67 bits per heavy atom. The van der Waals surface area contributed by atoms with Gasteiger partial charge in [-0.25, -0.2) is 8.78 Å². The van der Waals surface area contributed by atoms with E-state index in [1.54, 1.807) is 0 Å². The molecule has 66 valence electrons. The predicted octanol–water partition coefficient (Wildman–Crippen LogP) is 2.41. The molecule has 12 heavy (non-hydrogen) atoms. The van der Waals surface area contributed by atoms with Crippen LogP contribution >= 0.6 is 11.8 Å². The number of hydrogen-bond acceptors (Lipinski definition) is 2. The zero-order chi connectivity index (χ0) is 9.14. The summed E-state index contributed by atoms with van der Waals surface area (Å²) in [6, 6.07) is 2.44. The van der Waals surface area contributed by atoms with Crippen LogP contribution in [0.15, 0.2) is 12.1 Å².